The first-order valence-electron chi connectivity index (χ1n) is 11.2. The lowest BCUT2D eigenvalue weighted by molar-refractivity contribution is -0.141. The Morgan fingerprint density at radius 1 is 1.09 bits per heavy atom. The van der Waals surface area contributed by atoms with Crippen LogP contribution in [-0.2, 0) is 19.1 Å². The average Bonchev–Trinajstić information content (AvgIpc) is 3.40. The molecule has 0 radical (unpaired) electrons. The molecule has 1 aliphatic heterocycles. The molecule has 2 aromatic rings. The van der Waals surface area contributed by atoms with Gasteiger partial charge in [-0.25, -0.2) is 4.79 Å². The molecule has 8 nitrogen and oxygen atoms in total. The molecule has 33 heavy (non-hydrogen) atoms. The standard InChI is InChI=1S/C25H28N2O6/c1-15(24(29)30)10-12-26-23(28)22-21(11-13-32-22)27-25(31)33-14-20-18-8-4-2-6-16(18)17-7-3-5-9-19(17)20/h2-9,15,20-22H,10-14H2,1H3,(H,26,28)(H,27,31)(H,29,30). The molecule has 3 atom stereocenters. The number of carbonyl (C=O) groups excluding carboxylic acids is 2. The van der Waals surface area contributed by atoms with Crippen LogP contribution < -0.4 is 10.6 Å². The number of ether oxygens (including phenoxy) is 2. The van der Waals surface area contributed by atoms with Gasteiger partial charge in [0.2, 0.25) is 0 Å². The van der Waals surface area contributed by atoms with Crippen molar-refractivity contribution in [2.24, 2.45) is 5.92 Å². The van der Waals surface area contributed by atoms with Crippen molar-refractivity contribution in [2.75, 3.05) is 19.8 Å². The van der Waals surface area contributed by atoms with E-state index in [1.54, 1.807) is 6.92 Å². The Labute approximate surface area is 192 Å². The number of nitrogens with one attached hydrogen (secondary N) is 2. The highest BCUT2D eigenvalue weighted by Gasteiger charge is 2.36. The van der Waals surface area contributed by atoms with Gasteiger partial charge in [0.25, 0.3) is 5.91 Å². The first-order chi connectivity index (χ1) is 16.0. The fourth-order valence-corrected chi connectivity index (χ4v) is 4.42. The summed E-state index contributed by atoms with van der Waals surface area (Å²) < 4.78 is 11.1. The van der Waals surface area contributed by atoms with Crippen molar-refractivity contribution in [2.45, 2.75) is 37.8 Å². The number of amides is 2. The monoisotopic (exact) mass is 452 g/mol. The summed E-state index contributed by atoms with van der Waals surface area (Å²) in [4.78, 5) is 35.9. The minimum atomic E-state index is -0.906. The van der Waals surface area contributed by atoms with E-state index in [0.29, 0.717) is 19.4 Å². The van der Waals surface area contributed by atoms with Crippen molar-refractivity contribution in [3.05, 3.63) is 59.7 Å². The Morgan fingerprint density at radius 2 is 1.73 bits per heavy atom. The summed E-state index contributed by atoms with van der Waals surface area (Å²) in [6, 6.07) is 15.7. The Bertz CT molecular complexity index is 994. The summed E-state index contributed by atoms with van der Waals surface area (Å²) in [5, 5.41) is 14.4. The molecule has 8 heteroatoms. The van der Waals surface area contributed by atoms with Gasteiger partial charge in [-0.15, -0.1) is 0 Å². The zero-order chi connectivity index (χ0) is 23.4. The molecule has 2 aliphatic rings. The van der Waals surface area contributed by atoms with Gasteiger partial charge in [0.05, 0.1) is 12.0 Å². The highest BCUT2D eigenvalue weighted by atomic mass is 16.6. The second-order valence-electron chi connectivity index (χ2n) is 8.48. The number of carboxylic acid groups (broad SMARTS) is 1. The molecule has 0 saturated carbocycles. The largest absolute Gasteiger partial charge is 0.481 e. The van der Waals surface area contributed by atoms with Crippen LogP contribution in [0.25, 0.3) is 11.1 Å². The molecule has 0 aromatic heterocycles. The third-order valence-corrected chi connectivity index (χ3v) is 6.30. The Kier molecular flexibility index (Phi) is 6.93. The molecule has 1 aliphatic carbocycles. The SMILES string of the molecule is CC(CCNC(=O)C1OCCC1NC(=O)OCC1c2ccccc2-c2ccccc21)C(=O)O. The summed E-state index contributed by atoms with van der Waals surface area (Å²) in [7, 11) is 0. The third-order valence-electron chi connectivity index (χ3n) is 6.30. The van der Waals surface area contributed by atoms with Gasteiger partial charge in [-0.05, 0) is 35.1 Å². The van der Waals surface area contributed by atoms with Crippen LogP contribution in [0.15, 0.2) is 48.5 Å². The smallest absolute Gasteiger partial charge is 0.407 e. The van der Waals surface area contributed by atoms with E-state index in [1.807, 2.05) is 24.3 Å². The average molecular weight is 453 g/mol. The number of hydrogen-bond acceptors (Lipinski definition) is 5. The van der Waals surface area contributed by atoms with Crippen molar-refractivity contribution in [3.63, 3.8) is 0 Å². The minimum absolute atomic E-state index is 0.0432. The maximum absolute atomic E-state index is 12.5. The molecule has 3 N–H and O–H groups in total. The van der Waals surface area contributed by atoms with Gasteiger partial charge in [0, 0.05) is 19.1 Å². The van der Waals surface area contributed by atoms with Crippen LogP contribution in [-0.4, -0.2) is 55.0 Å². The van der Waals surface area contributed by atoms with E-state index in [-0.39, 0.29) is 25.0 Å². The highest BCUT2D eigenvalue weighted by molar-refractivity contribution is 5.83. The Morgan fingerprint density at radius 3 is 2.36 bits per heavy atom. The van der Waals surface area contributed by atoms with Crippen molar-refractivity contribution >= 4 is 18.0 Å². The lowest BCUT2D eigenvalue weighted by atomic mass is 9.98. The number of alkyl carbamates (subject to hydrolysis) is 1. The van der Waals surface area contributed by atoms with Crippen molar-refractivity contribution in [3.8, 4) is 11.1 Å². The summed E-state index contributed by atoms with van der Waals surface area (Å²) in [5.74, 6) is -1.87. The quantitative estimate of drug-likeness (QED) is 0.568. The van der Waals surface area contributed by atoms with Gasteiger partial charge < -0.3 is 25.2 Å². The molecule has 174 valence electrons. The lowest BCUT2D eigenvalue weighted by Gasteiger charge is -2.20. The molecule has 0 spiro atoms. The van der Waals surface area contributed by atoms with Gasteiger partial charge in [-0.2, -0.15) is 0 Å². The predicted octanol–water partition coefficient (Wildman–Crippen LogP) is 2.91. The Balaban J connectivity index is 1.31. The van der Waals surface area contributed by atoms with Crippen molar-refractivity contribution < 1.29 is 29.0 Å². The zero-order valence-corrected chi connectivity index (χ0v) is 18.5. The van der Waals surface area contributed by atoms with Gasteiger partial charge in [-0.3, -0.25) is 9.59 Å². The number of hydrogen-bond donors (Lipinski definition) is 3. The van der Waals surface area contributed by atoms with Gasteiger partial charge in [0.15, 0.2) is 6.10 Å². The first kappa shape index (κ1) is 22.8. The maximum Gasteiger partial charge on any atom is 0.407 e. The maximum atomic E-state index is 12.5. The molecular formula is C25H28N2O6. The summed E-state index contributed by atoms with van der Waals surface area (Å²) in [6.07, 6.45) is -0.609. The molecule has 1 fully saturated rings. The van der Waals surface area contributed by atoms with Gasteiger partial charge >= 0.3 is 12.1 Å². The minimum Gasteiger partial charge on any atom is -0.481 e. The summed E-state index contributed by atoms with van der Waals surface area (Å²) >= 11 is 0. The Hall–Kier alpha value is -3.39. The molecule has 2 aromatic carbocycles. The van der Waals surface area contributed by atoms with E-state index in [1.165, 1.54) is 0 Å². The predicted molar refractivity (Wildman–Crippen MR) is 121 cm³/mol. The molecule has 1 heterocycles. The van der Waals surface area contributed by atoms with Crippen LogP contribution in [0.2, 0.25) is 0 Å². The number of carboxylic acids is 1. The number of rotatable bonds is 8. The van der Waals surface area contributed by atoms with Crippen molar-refractivity contribution in [1.82, 2.24) is 10.6 Å². The molecule has 4 rings (SSSR count). The topological polar surface area (TPSA) is 114 Å². The van der Waals surface area contributed by atoms with E-state index in [4.69, 9.17) is 14.6 Å². The summed E-state index contributed by atoms with van der Waals surface area (Å²) in [5.41, 5.74) is 4.56. The van der Waals surface area contributed by atoms with Crippen molar-refractivity contribution in [1.29, 1.82) is 0 Å². The number of fused-ring (bicyclic) bond motifs is 3. The normalized spacial score (nSPS) is 19.9. The fraction of sp³-hybridized carbons (Fsp3) is 0.400. The molecule has 3 unspecified atom stereocenters. The third kappa shape index (κ3) is 5.01. The van der Waals surface area contributed by atoms with Crippen LogP contribution in [0.3, 0.4) is 0 Å². The zero-order valence-electron chi connectivity index (χ0n) is 18.5. The number of aliphatic carboxylic acids is 1. The van der Waals surface area contributed by atoms with E-state index in [2.05, 4.69) is 34.9 Å². The second-order valence-corrected chi connectivity index (χ2v) is 8.48. The first-order valence-corrected chi connectivity index (χ1v) is 11.2. The second kappa shape index (κ2) is 10.0. The van der Waals surface area contributed by atoms with Gasteiger partial charge in [-0.1, -0.05) is 55.5 Å². The van der Waals surface area contributed by atoms with E-state index >= 15 is 0 Å². The summed E-state index contributed by atoms with van der Waals surface area (Å²) in [6.45, 7) is 2.35. The van der Waals surface area contributed by atoms with Crippen LogP contribution in [0.1, 0.15) is 36.8 Å². The van der Waals surface area contributed by atoms with Gasteiger partial charge in [0.1, 0.15) is 6.61 Å². The lowest BCUT2D eigenvalue weighted by Crippen LogP contribution is -2.48. The molecular weight excluding hydrogens is 424 g/mol. The van der Waals surface area contributed by atoms with E-state index in [9.17, 15) is 14.4 Å². The number of benzene rings is 2. The van der Waals surface area contributed by atoms with E-state index < -0.39 is 30.1 Å². The number of carbonyl (C=O) groups is 3. The van der Waals surface area contributed by atoms with Crippen LogP contribution >= 0.6 is 0 Å². The molecule has 1 saturated heterocycles. The van der Waals surface area contributed by atoms with Crippen LogP contribution in [0.5, 0.6) is 0 Å². The van der Waals surface area contributed by atoms with Crippen LogP contribution in [0, 0.1) is 5.92 Å². The molecule has 2 amide bonds. The highest BCUT2D eigenvalue weighted by Crippen LogP contribution is 2.44. The van der Waals surface area contributed by atoms with Crippen LogP contribution in [0.4, 0.5) is 4.79 Å². The van der Waals surface area contributed by atoms with E-state index in [0.717, 1.165) is 22.3 Å². The molecule has 0 bridgehead atoms. The fourth-order valence-electron chi connectivity index (χ4n) is 4.42.